The lowest BCUT2D eigenvalue weighted by atomic mass is 10.1. The van der Waals surface area contributed by atoms with Gasteiger partial charge in [-0.3, -0.25) is 14.6 Å². The van der Waals surface area contributed by atoms with Gasteiger partial charge in [-0.05, 0) is 17.2 Å². The van der Waals surface area contributed by atoms with Crippen LogP contribution in [-0.4, -0.2) is 55.0 Å². The van der Waals surface area contributed by atoms with Crippen LogP contribution in [0, 0.1) is 0 Å². The van der Waals surface area contributed by atoms with Crippen molar-refractivity contribution in [3.05, 3.63) is 29.3 Å². The van der Waals surface area contributed by atoms with E-state index >= 15 is 0 Å². The summed E-state index contributed by atoms with van der Waals surface area (Å²) in [5.74, 6) is 0.803. The second kappa shape index (κ2) is 5.81. The van der Waals surface area contributed by atoms with E-state index in [-0.39, 0.29) is 5.91 Å². The van der Waals surface area contributed by atoms with Crippen LogP contribution < -0.4 is 10.5 Å². The fourth-order valence-corrected chi connectivity index (χ4v) is 2.92. The summed E-state index contributed by atoms with van der Waals surface area (Å²) in [6, 6.07) is 6.50. The van der Waals surface area contributed by atoms with Gasteiger partial charge >= 0.3 is 0 Å². The van der Waals surface area contributed by atoms with Gasteiger partial charge in [-0.1, -0.05) is 12.1 Å². The molecular formula is C15H21N3O2. The van der Waals surface area contributed by atoms with Crippen LogP contribution in [0.2, 0.25) is 0 Å². The molecule has 20 heavy (non-hydrogen) atoms. The molecular weight excluding hydrogens is 254 g/mol. The highest BCUT2D eigenvalue weighted by molar-refractivity contribution is 5.75. The zero-order valence-corrected chi connectivity index (χ0v) is 11.7. The Morgan fingerprint density at radius 3 is 2.70 bits per heavy atom. The minimum absolute atomic E-state index is 0.239. The normalized spacial score (nSPS) is 19.6. The summed E-state index contributed by atoms with van der Waals surface area (Å²) in [5.41, 5.74) is 7.90. The first-order valence-corrected chi connectivity index (χ1v) is 7.18. The Morgan fingerprint density at radius 2 is 1.95 bits per heavy atom. The molecule has 108 valence electrons. The Morgan fingerprint density at radius 1 is 1.20 bits per heavy atom. The number of ether oxygens (including phenoxy) is 1. The molecule has 1 saturated heterocycles. The number of benzene rings is 1. The SMILES string of the molecule is NC(=O)CN1CCN(Cc2ccc3c(c2)CCO3)CC1. The molecule has 3 rings (SSSR count). The maximum Gasteiger partial charge on any atom is 0.231 e. The van der Waals surface area contributed by atoms with Crippen LogP contribution >= 0.6 is 0 Å². The van der Waals surface area contributed by atoms with E-state index < -0.39 is 0 Å². The highest BCUT2D eigenvalue weighted by atomic mass is 16.5. The van der Waals surface area contributed by atoms with E-state index in [9.17, 15) is 4.79 Å². The van der Waals surface area contributed by atoms with Crippen LogP contribution in [0.1, 0.15) is 11.1 Å². The number of primary amides is 1. The van der Waals surface area contributed by atoms with Gasteiger partial charge in [0.15, 0.2) is 0 Å². The maximum absolute atomic E-state index is 10.9. The molecule has 1 aromatic rings. The average Bonchev–Trinajstić information content (AvgIpc) is 2.88. The van der Waals surface area contributed by atoms with Gasteiger partial charge in [0.05, 0.1) is 13.2 Å². The quantitative estimate of drug-likeness (QED) is 0.854. The van der Waals surface area contributed by atoms with Crippen molar-refractivity contribution in [2.24, 2.45) is 5.73 Å². The van der Waals surface area contributed by atoms with Gasteiger partial charge in [-0.25, -0.2) is 0 Å². The summed E-state index contributed by atoms with van der Waals surface area (Å²) >= 11 is 0. The Hall–Kier alpha value is -1.59. The van der Waals surface area contributed by atoms with Crippen molar-refractivity contribution in [2.45, 2.75) is 13.0 Å². The Kier molecular flexibility index (Phi) is 3.89. The smallest absolute Gasteiger partial charge is 0.231 e. The summed E-state index contributed by atoms with van der Waals surface area (Å²) in [6.45, 7) is 5.96. The predicted octanol–water partition coefficient (Wildman–Crippen LogP) is 0.224. The predicted molar refractivity (Wildman–Crippen MR) is 76.6 cm³/mol. The van der Waals surface area contributed by atoms with Crippen LogP contribution in [-0.2, 0) is 17.8 Å². The molecule has 1 amide bonds. The monoisotopic (exact) mass is 275 g/mol. The molecule has 0 spiro atoms. The first kappa shape index (κ1) is 13.4. The molecule has 2 heterocycles. The van der Waals surface area contributed by atoms with Crippen molar-refractivity contribution < 1.29 is 9.53 Å². The molecule has 0 unspecified atom stereocenters. The van der Waals surface area contributed by atoms with E-state index in [1.807, 2.05) is 0 Å². The molecule has 2 aliphatic rings. The van der Waals surface area contributed by atoms with Gasteiger partial charge in [-0.15, -0.1) is 0 Å². The number of amides is 1. The third-order valence-electron chi connectivity index (χ3n) is 4.00. The number of nitrogens with zero attached hydrogens (tertiary/aromatic N) is 2. The molecule has 0 radical (unpaired) electrons. The highest BCUT2D eigenvalue weighted by Gasteiger charge is 2.19. The summed E-state index contributed by atoms with van der Waals surface area (Å²) in [5, 5.41) is 0. The van der Waals surface area contributed by atoms with Gasteiger partial charge in [0.2, 0.25) is 5.91 Å². The van der Waals surface area contributed by atoms with Crippen molar-refractivity contribution in [1.82, 2.24) is 9.80 Å². The third-order valence-corrected chi connectivity index (χ3v) is 4.00. The van der Waals surface area contributed by atoms with Gasteiger partial charge in [0.25, 0.3) is 0 Å². The number of piperazine rings is 1. The van der Waals surface area contributed by atoms with Crippen molar-refractivity contribution in [3.63, 3.8) is 0 Å². The molecule has 0 saturated carbocycles. The number of carbonyl (C=O) groups is 1. The summed E-state index contributed by atoms with van der Waals surface area (Å²) < 4.78 is 5.53. The number of hydrogen-bond donors (Lipinski definition) is 1. The van der Waals surface area contributed by atoms with Crippen LogP contribution in [0.15, 0.2) is 18.2 Å². The second-order valence-corrected chi connectivity index (χ2v) is 5.56. The van der Waals surface area contributed by atoms with Crippen LogP contribution in [0.4, 0.5) is 0 Å². The molecule has 2 N–H and O–H groups in total. The van der Waals surface area contributed by atoms with Gasteiger partial charge in [0, 0.05) is 39.1 Å². The fraction of sp³-hybridized carbons (Fsp3) is 0.533. The number of rotatable bonds is 4. The zero-order valence-electron chi connectivity index (χ0n) is 11.7. The van der Waals surface area contributed by atoms with E-state index in [1.54, 1.807) is 0 Å². The van der Waals surface area contributed by atoms with Crippen molar-refractivity contribution in [1.29, 1.82) is 0 Å². The van der Waals surface area contributed by atoms with Crippen molar-refractivity contribution in [3.8, 4) is 5.75 Å². The van der Waals surface area contributed by atoms with Gasteiger partial charge in [0.1, 0.15) is 5.75 Å². The number of carbonyl (C=O) groups excluding carboxylic acids is 1. The minimum atomic E-state index is -0.239. The van der Waals surface area contributed by atoms with Gasteiger partial charge < -0.3 is 10.5 Å². The van der Waals surface area contributed by atoms with Crippen LogP contribution in [0.25, 0.3) is 0 Å². The van der Waals surface area contributed by atoms with E-state index in [0.29, 0.717) is 6.54 Å². The first-order valence-electron chi connectivity index (χ1n) is 7.18. The molecule has 2 aliphatic heterocycles. The molecule has 0 atom stereocenters. The molecule has 0 bridgehead atoms. The standard InChI is InChI=1S/C15H21N3O2/c16-15(19)11-18-6-4-17(5-7-18)10-12-1-2-14-13(9-12)3-8-20-14/h1-2,9H,3-8,10-11H2,(H2,16,19). The molecule has 0 aliphatic carbocycles. The Bertz CT molecular complexity index is 496. The van der Waals surface area contributed by atoms with Crippen LogP contribution in [0.3, 0.4) is 0 Å². The van der Waals surface area contributed by atoms with E-state index in [2.05, 4.69) is 28.0 Å². The molecule has 5 nitrogen and oxygen atoms in total. The van der Waals surface area contributed by atoms with E-state index in [0.717, 1.165) is 51.5 Å². The lowest BCUT2D eigenvalue weighted by Gasteiger charge is -2.34. The summed E-state index contributed by atoms with van der Waals surface area (Å²) in [7, 11) is 0. The van der Waals surface area contributed by atoms with Crippen LogP contribution in [0.5, 0.6) is 5.75 Å². The Labute approximate surface area is 119 Å². The lowest BCUT2D eigenvalue weighted by molar-refractivity contribution is -0.119. The first-order chi connectivity index (χ1) is 9.70. The van der Waals surface area contributed by atoms with Gasteiger partial charge in [-0.2, -0.15) is 0 Å². The molecule has 5 heteroatoms. The Balaban J connectivity index is 1.53. The summed E-state index contributed by atoms with van der Waals surface area (Å²) in [6.07, 6.45) is 1.02. The molecule has 0 aromatic heterocycles. The molecule has 1 fully saturated rings. The topological polar surface area (TPSA) is 58.8 Å². The largest absolute Gasteiger partial charge is 0.493 e. The summed E-state index contributed by atoms with van der Waals surface area (Å²) in [4.78, 5) is 15.4. The second-order valence-electron chi connectivity index (χ2n) is 5.56. The van der Waals surface area contributed by atoms with Crippen molar-refractivity contribution >= 4 is 5.91 Å². The number of nitrogens with two attached hydrogens (primary N) is 1. The van der Waals surface area contributed by atoms with E-state index in [1.165, 1.54) is 11.1 Å². The third kappa shape index (κ3) is 3.11. The number of hydrogen-bond acceptors (Lipinski definition) is 4. The zero-order chi connectivity index (χ0) is 13.9. The van der Waals surface area contributed by atoms with Crippen molar-refractivity contribution in [2.75, 3.05) is 39.3 Å². The lowest BCUT2D eigenvalue weighted by Crippen LogP contribution is -2.48. The molecule has 1 aromatic carbocycles. The fourth-order valence-electron chi connectivity index (χ4n) is 2.92. The minimum Gasteiger partial charge on any atom is -0.493 e. The average molecular weight is 275 g/mol. The van der Waals surface area contributed by atoms with E-state index in [4.69, 9.17) is 10.5 Å². The maximum atomic E-state index is 10.9. The highest BCUT2D eigenvalue weighted by Crippen LogP contribution is 2.26. The number of fused-ring (bicyclic) bond motifs is 1.